The predicted molar refractivity (Wildman–Crippen MR) is 153 cm³/mol. The lowest BCUT2D eigenvalue weighted by Crippen LogP contribution is -2.43. The minimum atomic E-state index is -0.722. The molecular formula is C33H31ClN2O2. The molecule has 0 unspecified atom stereocenters. The van der Waals surface area contributed by atoms with Crippen LogP contribution in [-0.4, -0.2) is 41.2 Å². The number of aryl methyl sites for hydroxylation is 1. The smallest absolute Gasteiger partial charge is 0.122 e. The number of rotatable bonds is 6. The maximum atomic E-state index is 11.0. The molecule has 192 valence electrons. The van der Waals surface area contributed by atoms with Crippen LogP contribution in [0, 0.1) is 18.8 Å². The summed E-state index contributed by atoms with van der Waals surface area (Å²) >= 11 is 5.98. The van der Waals surface area contributed by atoms with Gasteiger partial charge in [-0.3, -0.25) is 4.90 Å². The number of benzene rings is 3. The van der Waals surface area contributed by atoms with E-state index in [9.17, 15) is 5.11 Å². The van der Waals surface area contributed by atoms with Crippen LogP contribution in [0.1, 0.15) is 35.2 Å². The Labute approximate surface area is 229 Å². The fraction of sp³-hybridized carbons (Fsp3) is 0.242. The van der Waals surface area contributed by atoms with Crippen LogP contribution in [0.15, 0.2) is 91.1 Å². The quantitative estimate of drug-likeness (QED) is 0.295. The number of ether oxygens (including phenoxy) is 1. The molecule has 38 heavy (non-hydrogen) atoms. The SMILES string of the molecule is Cc1cc(C#Cc2ccc(-c3ccc(Cl)cc3)cn2)ccc1OCCN1CCC(O)(c2ccccc2)CC1. The van der Waals surface area contributed by atoms with E-state index in [1.807, 2.05) is 98.0 Å². The lowest BCUT2D eigenvalue weighted by Gasteiger charge is -2.38. The highest BCUT2D eigenvalue weighted by atomic mass is 35.5. The number of piperidine rings is 1. The van der Waals surface area contributed by atoms with Gasteiger partial charge in [-0.2, -0.15) is 0 Å². The summed E-state index contributed by atoms with van der Waals surface area (Å²) < 4.78 is 6.08. The molecule has 3 aromatic carbocycles. The highest BCUT2D eigenvalue weighted by Gasteiger charge is 2.33. The van der Waals surface area contributed by atoms with E-state index in [0.717, 1.165) is 76.8 Å². The van der Waals surface area contributed by atoms with E-state index < -0.39 is 5.60 Å². The predicted octanol–water partition coefficient (Wildman–Crippen LogP) is 6.47. The lowest BCUT2D eigenvalue weighted by molar-refractivity contribution is -0.0278. The fourth-order valence-corrected chi connectivity index (χ4v) is 4.90. The average Bonchev–Trinajstić information content (AvgIpc) is 2.95. The van der Waals surface area contributed by atoms with E-state index in [-0.39, 0.29) is 0 Å². The fourth-order valence-electron chi connectivity index (χ4n) is 4.77. The van der Waals surface area contributed by atoms with Crippen molar-refractivity contribution in [2.45, 2.75) is 25.4 Å². The zero-order valence-electron chi connectivity index (χ0n) is 21.5. The first-order valence-corrected chi connectivity index (χ1v) is 13.3. The first kappa shape index (κ1) is 26.0. The first-order valence-electron chi connectivity index (χ1n) is 13.0. The van der Waals surface area contributed by atoms with Crippen molar-refractivity contribution < 1.29 is 9.84 Å². The molecular weight excluding hydrogens is 492 g/mol. The van der Waals surface area contributed by atoms with Crippen LogP contribution < -0.4 is 4.74 Å². The molecule has 4 nitrogen and oxygen atoms in total. The number of nitrogens with zero attached hydrogens (tertiary/aromatic N) is 2. The number of likely N-dealkylation sites (tertiary alicyclic amines) is 1. The number of aliphatic hydroxyl groups is 1. The molecule has 5 rings (SSSR count). The molecule has 0 atom stereocenters. The van der Waals surface area contributed by atoms with Gasteiger partial charge in [0.05, 0.1) is 5.60 Å². The lowest BCUT2D eigenvalue weighted by atomic mass is 9.84. The summed E-state index contributed by atoms with van der Waals surface area (Å²) in [5.41, 5.74) is 5.10. The molecule has 4 aromatic rings. The second-order valence-corrected chi connectivity index (χ2v) is 10.2. The van der Waals surface area contributed by atoms with Gasteiger partial charge in [0.1, 0.15) is 18.1 Å². The Morgan fingerprint density at radius 3 is 2.34 bits per heavy atom. The van der Waals surface area contributed by atoms with E-state index in [0.29, 0.717) is 6.61 Å². The summed E-state index contributed by atoms with van der Waals surface area (Å²) in [5, 5.41) is 11.8. The van der Waals surface area contributed by atoms with E-state index in [2.05, 4.69) is 21.7 Å². The topological polar surface area (TPSA) is 45.6 Å². The van der Waals surface area contributed by atoms with Crippen LogP contribution in [-0.2, 0) is 5.60 Å². The Kier molecular flexibility index (Phi) is 8.10. The van der Waals surface area contributed by atoms with Crippen molar-refractivity contribution in [2.75, 3.05) is 26.2 Å². The molecule has 0 bridgehead atoms. The minimum absolute atomic E-state index is 0.611. The minimum Gasteiger partial charge on any atom is -0.492 e. The van der Waals surface area contributed by atoms with Gasteiger partial charge in [-0.15, -0.1) is 0 Å². The zero-order valence-corrected chi connectivity index (χ0v) is 22.3. The van der Waals surface area contributed by atoms with Crippen molar-refractivity contribution in [2.24, 2.45) is 0 Å². The van der Waals surface area contributed by atoms with Crippen LogP contribution >= 0.6 is 11.6 Å². The Morgan fingerprint density at radius 2 is 1.66 bits per heavy atom. The summed E-state index contributed by atoms with van der Waals surface area (Å²) in [7, 11) is 0. The summed E-state index contributed by atoms with van der Waals surface area (Å²) in [6.45, 7) is 5.21. The second-order valence-electron chi connectivity index (χ2n) is 9.76. The molecule has 1 aromatic heterocycles. The average molecular weight is 523 g/mol. The Morgan fingerprint density at radius 1 is 0.921 bits per heavy atom. The molecule has 0 aliphatic carbocycles. The normalized spacial score (nSPS) is 14.9. The van der Waals surface area contributed by atoms with Gasteiger partial charge in [0, 0.05) is 42.0 Å². The van der Waals surface area contributed by atoms with Crippen LogP contribution in [0.3, 0.4) is 0 Å². The van der Waals surface area contributed by atoms with Crippen LogP contribution in [0.25, 0.3) is 11.1 Å². The van der Waals surface area contributed by atoms with Gasteiger partial charge >= 0.3 is 0 Å². The van der Waals surface area contributed by atoms with Gasteiger partial charge in [-0.1, -0.05) is 66.1 Å². The van der Waals surface area contributed by atoms with Crippen molar-refractivity contribution in [3.05, 3.63) is 119 Å². The molecule has 0 saturated carbocycles. The van der Waals surface area contributed by atoms with Crippen molar-refractivity contribution in [1.29, 1.82) is 0 Å². The number of aromatic nitrogens is 1. The third-order valence-electron chi connectivity index (χ3n) is 7.11. The molecule has 1 aliphatic heterocycles. The third kappa shape index (κ3) is 6.44. The maximum Gasteiger partial charge on any atom is 0.122 e. The first-order chi connectivity index (χ1) is 18.5. The molecule has 0 radical (unpaired) electrons. The molecule has 5 heteroatoms. The van der Waals surface area contributed by atoms with E-state index in [1.54, 1.807) is 0 Å². The molecule has 1 saturated heterocycles. The van der Waals surface area contributed by atoms with Crippen LogP contribution in [0.4, 0.5) is 0 Å². The van der Waals surface area contributed by atoms with Crippen molar-refractivity contribution in [1.82, 2.24) is 9.88 Å². The highest BCUT2D eigenvalue weighted by Crippen LogP contribution is 2.32. The summed E-state index contributed by atoms with van der Waals surface area (Å²) in [4.78, 5) is 6.85. The molecule has 0 amide bonds. The van der Waals surface area contributed by atoms with Gasteiger partial charge in [-0.05, 0) is 78.8 Å². The molecule has 1 fully saturated rings. The third-order valence-corrected chi connectivity index (χ3v) is 7.36. The summed E-state index contributed by atoms with van der Waals surface area (Å²) in [6.07, 6.45) is 3.31. The molecule has 1 N–H and O–H groups in total. The number of hydrogen-bond acceptors (Lipinski definition) is 4. The monoisotopic (exact) mass is 522 g/mol. The largest absolute Gasteiger partial charge is 0.492 e. The second kappa shape index (κ2) is 11.8. The highest BCUT2D eigenvalue weighted by molar-refractivity contribution is 6.30. The van der Waals surface area contributed by atoms with Gasteiger partial charge in [0.15, 0.2) is 0 Å². The number of hydrogen-bond donors (Lipinski definition) is 1. The molecule has 2 heterocycles. The van der Waals surface area contributed by atoms with E-state index in [4.69, 9.17) is 16.3 Å². The molecule has 0 spiro atoms. The van der Waals surface area contributed by atoms with Crippen molar-refractivity contribution in [3.8, 4) is 28.7 Å². The molecule has 1 aliphatic rings. The van der Waals surface area contributed by atoms with Crippen LogP contribution in [0.5, 0.6) is 5.75 Å². The van der Waals surface area contributed by atoms with Gasteiger partial charge in [-0.25, -0.2) is 4.98 Å². The number of pyridine rings is 1. The van der Waals surface area contributed by atoms with Gasteiger partial charge in [0.25, 0.3) is 0 Å². The maximum absolute atomic E-state index is 11.0. The van der Waals surface area contributed by atoms with E-state index >= 15 is 0 Å². The van der Waals surface area contributed by atoms with Crippen LogP contribution in [0.2, 0.25) is 5.02 Å². The van der Waals surface area contributed by atoms with Crippen molar-refractivity contribution >= 4 is 11.6 Å². The standard InChI is InChI=1S/C33H31ClN2O2/c1-25-23-26(7-14-31-15-11-28(24-35-31)27-9-12-30(34)13-10-27)8-16-32(25)38-22-21-36-19-17-33(37,18-20-36)29-5-3-2-4-6-29/h2-6,8-13,15-16,23-24,37H,17-22H2,1H3. The van der Waals surface area contributed by atoms with E-state index in [1.165, 1.54) is 0 Å². The van der Waals surface area contributed by atoms with Gasteiger partial charge < -0.3 is 9.84 Å². The van der Waals surface area contributed by atoms with Crippen molar-refractivity contribution in [3.63, 3.8) is 0 Å². The Bertz CT molecular complexity index is 1420. The summed E-state index contributed by atoms with van der Waals surface area (Å²) in [6, 6.07) is 27.7. The zero-order chi connectivity index (χ0) is 26.4. The van der Waals surface area contributed by atoms with Gasteiger partial charge in [0.2, 0.25) is 0 Å². The summed E-state index contributed by atoms with van der Waals surface area (Å²) in [5.74, 6) is 7.23. The Hall–Kier alpha value is -3.62. The Balaban J connectivity index is 1.11. The number of halogens is 1.